The van der Waals surface area contributed by atoms with E-state index in [1.165, 1.54) is 44.9 Å². The summed E-state index contributed by atoms with van der Waals surface area (Å²) in [7, 11) is 0. The lowest BCUT2D eigenvalue weighted by Crippen LogP contribution is -2.21. The van der Waals surface area contributed by atoms with Gasteiger partial charge in [0, 0.05) is 17.0 Å². The average molecular weight is 360 g/mol. The number of rotatable bonds is 5. The second kappa shape index (κ2) is 8.31. The predicted molar refractivity (Wildman–Crippen MR) is 104 cm³/mol. The molecule has 1 aromatic rings. The zero-order valence-electron chi connectivity index (χ0n) is 15.4. The first-order valence-electron chi connectivity index (χ1n) is 9.64. The number of amides is 1. The van der Waals surface area contributed by atoms with Crippen LogP contribution in [-0.4, -0.2) is 21.5 Å². The van der Waals surface area contributed by atoms with Crippen LogP contribution in [-0.2, 0) is 4.79 Å². The molecule has 3 rings (SSSR count). The quantitative estimate of drug-likeness (QED) is 0.796. The molecule has 25 heavy (non-hydrogen) atoms. The van der Waals surface area contributed by atoms with Crippen molar-refractivity contribution in [2.75, 3.05) is 11.1 Å². The summed E-state index contributed by atoms with van der Waals surface area (Å²) in [4.78, 5) is 12.6. The smallest absolute Gasteiger partial charge is 0.235 e. The number of thioether (sulfide) groups is 1. The number of hydrogen-bond acceptors (Lipinski definition) is 3. The Morgan fingerprint density at radius 1 is 1.16 bits per heavy atom. The minimum atomic E-state index is 0.0313. The van der Waals surface area contributed by atoms with Gasteiger partial charge in [0.25, 0.3) is 0 Å². The van der Waals surface area contributed by atoms with Crippen LogP contribution in [0, 0.1) is 25.2 Å². The van der Waals surface area contributed by atoms with E-state index in [-0.39, 0.29) is 5.91 Å². The van der Waals surface area contributed by atoms with Crippen LogP contribution < -0.4 is 5.32 Å². The third-order valence-corrected chi connectivity index (χ3v) is 7.19. The molecular formula is C20H29N3OS. The third kappa shape index (κ3) is 4.06. The van der Waals surface area contributed by atoms with Crippen LogP contribution in [0.2, 0.25) is 0 Å². The van der Waals surface area contributed by atoms with Crippen LogP contribution in [0.25, 0.3) is 0 Å². The van der Waals surface area contributed by atoms with Crippen LogP contribution in [0.1, 0.15) is 80.7 Å². The molecule has 1 N–H and O–H groups in total. The number of nitriles is 1. The topological polar surface area (TPSA) is 57.8 Å². The van der Waals surface area contributed by atoms with Crippen molar-refractivity contribution in [3.8, 4) is 6.07 Å². The van der Waals surface area contributed by atoms with Gasteiger partial charge in [0.2, 0.25) is 5.91 Å². The van der Waals surface area contributed by atoms with E-state index in [1.54, 1.807) is 11.8 Å². The molecule has 1 heterocycles. The van der Waals surface area contributed by atoms with Crippen LogP contribution in [0.3, 0.4) is 0 Å². The Morgan fingerprint density at radius 3 is 2.44 bits per heavy atom. The summed E-state index contributed by atoms with van der Waals surface area (Å²) >= 11 is 1.78. The fourth-order valence-electron chi connectivity index (χ4n) is 4.30. The van der Waals surface area contributed by atoms with Gasteiger partial charge in [0.1, 0.15) is 11.9 Å². The summed E-state index contributed by atoms with van der Waals surface area (Å²) in [5.74, 6) is 1.26. The molecule has 2 aliphatic carbocycles. The van der Waals surface area contributed by atoms with Crippen LogP contribution >= 0.6 is 11.8 Å². The number of carbonyl (C=O) groups excluding carboxylic acids is 1. The van der Waals surface area contributed by atoms with Crippen molar-refractivity contribution in [3.05, 3.63) is 16.8 Å². The van der Waals surface area contributed by atoms with Crippen LogP contribution in [0.4, 0.5) is 5.82 Å². The molecule has 0 aromatic carbocycles. The molecule has 0 bridgehead atoms. The number of carbonyl (C=O) groups is 1. The molecule has 0 unspecified atom stereocenters. The van der Waals surface area contributed by atoms with Crippen molar-refractivity contribution < 1.29 is 4.79 Å². The molecule has 0 radical (unpaired) electrons. The van der Waals surface area contributed by atoms with Crippen molar-refractivity contribution in [1.29, 1.82) is 5.26 Å². The standard InChI is InChI=1S/C20H29N3OS/c1-14-15(2)23(16-8-6-7-9-16)20(18(14)12-21)22-19(24)13-25-17-10-4-3-5-11-17/h16-17H,3-11,13H2,1-2H3,(H,22,24). The van der Waals surface area contributed by atoms with E-state index in [2.05, 4.69) is 22.9 Å². The number of nitrogens with one attached hydrogen (secondary N) is 1. The second-order valence-corrected chi connectivity index (χ2v) is 8.76. The first kappa shape index (κ1) is 18.4. The molecular weight excluding hydrogens is 330 g/mol. The highest BCUT2D eigenvalue weighted by atomic mass is 32.2. The first-order valence-corrected chi connectivity index (χ1v) is 10.7. The number of anilines is 1. The average Bonchev–Trinajstić information content (AvgIpc) is 3.22. The minimum Gasteiger partial charge on any atom is -0.327 e. The monoisotopic (exact) mass is 359 g/mol. The summed E-state index contributed by atoms with van der Waals surface area (Å²) in [6, 6.07) is 2.74. The Hall–Kier alpha value is -1.41. The summed E-state index contributed by atoms with van der Waals surface area (Å²) in [6.07, 6.45) is 11.1. The molecule has 0 aliphatic heterocycles. The molecule has 0 spiro atoms. The Balaban J connectivity index is 1.72. The SMILES string of the molecule is Cc1c(C#N)c(NC(=O)CSC2CCCCC2)n(C2CCCC2)c1C. The summed E-state index contributed by atoms with van der Waals surface area (Å²) in [6.45, 7) is 4.06. The molecule has 1 aromatic heterocycles. The normalized spacial score (nSPS) is 19.1. The maximum atomic E-state index is 12.6. The molecule has 136 valence electrons. The Morgan fingerprint density at radius 2 is 1.80 bits per heavy atom. The van der Waals surface area contributed by atoms with Gasteiger partial charge in [-0.1, -0.05) is 32.1 Å². The van der Waals surface area contributed by atoms with Gasteiger partial charge in [-0.05, 0) is 45.1 Å². The summed E-state index contributed by atoms with van der Waals surface area (Å²) < 4.78 is 2.23. The molecule has 2 aliphatic rings. The lowest BCUT2D eigenvalue weighted by Gasteiger charge is -2.21. The van der Waals surface area contributed by atoms with Crippen LogP contribution in [0.15, 0.2) is 0 Å². The zero-order chi connectivity index (χ0) is 17.8. The van der Waals surface area contributed by atoms with E-state index in [0.717, 1.165) is 29.9 Å². The fraction of sp³-hybridized carbons (Fsp3) is 0.700. The highest BCUT2D eigenvalue weighted by Crippen LogP contribution is 2.38. The molecule has 0 atom stereocenters. The van der Waals surface area contributed by atoms with E-state index in [9.17, 15) is 10.1 Å². The van der Waals surface area contributed by atoms with Gasteiger partial charge in [0.05, 0.1) is 11.3 Å². The molecule has 4 nitrogen and oxygen atoms in total. The van der Waals surface area contributed by atoms with Crippen molar-refractivity contribution in [1.82, 2.24) is 4.57 Å². The minimum absolute atomic E-state index is 0.0313. The van der Waals surface area contributed by atoms with Gasteiger partial charge in [-0.3, -0.25) is 4.79 Å². The summed E-state index contributed by atoms with van der Waals surface area (Å²) in [5.41, 5.74) is 2.77. The molecule has 2 saturated carbocycles. The Kier molecular flexibility index (Phi) is 6.11. The third-order valence-electron chi connectivity index (χ3n) is 5.82. The summed E-state index contributed by atoms with van der Waals surface area (Å²) in [5, 5.41) is 13.3. The van der Waals surface area contributed by atoms with E-state index >= 15 is 0 Å². The largest absolute Gasteiger partial charge is 0.327 e. The van der Waals surface area contributed by atoms with E-state index in [1.807, 2.05) is 6.92 Å². The lowest BCUT2D eigenvalue weighted by atomic mass is 10.0. The van der Waals surface area contributed by atoms with Crippen molar-refractivity contribution >= 4 is 23.5 Å². The van der Waals surface area contributed by atoms with Crippen molar-refractivity contribution in [2.45, 2.75) is 82.9 Å². The first-order chi connectivity index (χ1) is 12.1. The number of nitrogens with zero attached hydrogens (tertiary/aromatic N) is 2. The molecule has 2 fully saturated rings. The molecule has 5 heteroatoms. The van der Waals surface area contributed by atoms with E-state index in [0.29, 0.717) is 22.6 Å². The van der Waals surface area contributed by atoms with E-state index in [4.69, 9.17) is 0 Å². The molecule has 1 amide bonds. The second-order valence-electron chi connectivity index (χ2n) is 7.47. The van der Waals surface area contributed by atoms with Crippen molar-refractivity contribution in [2.24, 2.45) is 0 Å². The highest BCUT2D eigenvalue weighted by molar-refractivity contribution is 8.00. The van der Waals surface area contributed by atoms with Gasteiger partial charge in [-0.15, -0.1) is 11.8 Å². The number of hydrogen-bond donors (Lipinski definition) is 1. The lowest BCUT2D eigenvalue weighted by molar-refractivity contribution is -0.113. The van der Waals surface area contributed by atoms with Crippen LogP contribution in [0.5, 0.6) is 0 Å². The Labute approximate surface area is 155 Å². The van der Waals surface area contributed by atoms with Gasteiger partial charge < -0.3 is 9.88 Å². The number of aromatic nitrogens is 1. The van der Waals surface area contributed by atoms with Gasteiger partial charge in [-0.2, -0.15) is 5.26 Å². The molecule has 0 saturated heterocycles. The zero-order valence-corrected chi connectivity index (χ0v) is 16.3. The maximum Gasteiger partial charge on any atom is 0.235 e. The Bertz CT molecular complexity index is 661. The fourth-order valence-corrected chi connectivity index (χ4v) is 5.43. The van der Waals surface area contributed by atoms with Crippen molar-refractivity contribution in [3.63, 3.8) is 0 Å². The maximum absolute atomic E-state index is 12.6. The highest BCUT2D eigenvalue weighted by Gasteiger charge is 2.27. The van der Waals surface area contributed by atoms with E-state index < -0.39 is 0 Å². The van der Waals surface area contributed by atoms with Gasteiger partial charge in [0.15, 0.2) is 0 Å². The predicted octanol–water partition coefficient (Wildman–Crippen LogP) is 5.10. The van der Waals surface area contributed by atoms with Gasteiger partial charge >= 0.3 is 0 Å². The van der Waals surface area contributed by atoms with Gasteiger partial charge in [-0.25, -0.2) is 0 Å².